The minimum absolute atomic E-state index is 0.135. The van der Waals surface area contributed by atoms with Crippen molar-refractivity contribution in [2.45, 2.75) is 44.2 Å². The molecule has 3 heteroatoms. The number of anilines is 1. The van der Waals surface area contributed by atoms with Crippen LogP contribution < -0.4 is 10.6 Å². The molecule has 0 aromatic heterocycles. The maximum atomic E-state index is 6.12. The summed E-state index contributed by atoms with van der Waals surface area (Å²) < 4.78 is 5.73. The molecule has 0 unspecified atom stereocenters. The Bertz CT molecular complexity index is 440. The highest BCUT2D eigenvalue weighted by Crippen LogP contribution is 2.44. The van der Waals surface area contributed by atoms with Crippen molar-refractivity contribution in [1.29, 1.82) is 0 Å². The first-order valence-corrected chi connectivity index (χ1v) is 7.46. The summed E-state index contributed by atoms with van der Waals surface area (Å²) >= 11 is 0. The number of fused-ring (bicyclic) bond motifs is 1. The fourth-order valence-corrected chi connectivity index (χ4v) is 3.66. The number of hydrogen-bond donors (Lipinski definition) is 1. The van der Waals surface area contributed by atoms with E-state index in [9.17, 15) is 0 Å². The van der Waals surface area contributed by atoms with Crippen LogP contribution in [0.3, 0.4) is 0 Å². The van der Waals surface area contributed by atoms with Crippen molar-refractivity contribution in [2.75, 3.05) is 24.6 Å². The van der Waals surface area contributed by atoms with Gasteiger partial charge < -0.3 is 15.4 Å². The van der Waals surface area contributed by atoms with E-state index in [1.807, 2.05) is 0 Å². The van der Waals surface area contributed by atoms with Crippen LogP contribution in [0.15, 0.2) is 24.3 Å². The van der Waals surface area contributed by atoms with Crippen molar-refractivity contribution in [1.82, 2.24) is 0 Å². The predicted octanol–water partition coefficient (Wildman–Crippen LogP) is 2.34. The van der Waals surface area contributed by atoms with Crippen molar-refractivity contribution in [3.63, 3.8) is 0 Å². The second kappa shape index (κ2) is 5.14. The maximum Gasteiger partial charge on any atom is 0.0620 e. The molecule has 0 atom stereocenters. The first-order chi connectivity index (χ1) is 9.29. The predicted molar refractivity (Wildman–Crippen MR) is 78.5 cm³/mol. The number of nitrogens with zero attached hydrogens (tertiary/aromatic N) is 1. The third kappa shape index (κ3) is 2.15. The van der Waals surface area contributed by atoms with Crippen LogP contribution in [0.2, 0.25) is 0 Å². The van der Waals surface area contributed by atoms with Crippen molar-refractivity contribution in [3.8, 4) is 0 Å². The number of aryl methyl sites for hydroxylation is 1. The van der Waals surface area contributed by atoms with Gasteiger partial charge in [-0.1, -0.05) is 18.2 Å². The number of para-hydroxylation sites is 1. The van der Waals surface area contributed by atoms with Crippen LogP contribution in [0.5, 0.6) is 0 Å². The van der Waals surface area contributed by atoms with E-state index in [0.29, 0.717) is 6.10 Å². The van der Waals surface area contributed by atoms with Crippen LogP contribution in [-0.4, -0.2) is 31.3 Å². The van der Waals surface area contributed by atoms with Crippen LogP contribution in [0, 0.1) is 0 Å². The summed E-state index contributed by atoms with van der Waals surface area (Å²) in [5.41, 5.74) is 9.12. The normalized spacial score (nSPS) is 29.8. The highest BCUT2D eigenvalue weighted by Gasteiger charge is 2.48. The molecule has 0 saturated heterocycles. The summed E-state index contributed by atoms with van der Waals surface area (Å²) in [7, 11) is 0. The lowest BCUT2D eigenvalue weighted by molar-refractivity contribution is -0.0373. The molecule has 3 nitrogen and oxygen atoms in total. The first kappa shape index (κ1) is 12.9. The monoisotopic (exact) mass is 260 g/mol. The van der Waals surface area contributed by atoms with Crippen molar-refractivity contribution >= 4 is 5.69 Å². The smallest absolute Gasteiger partial charge is 0.0620 e. The lowest BCUT2D eigenvalue weighted by Crippen LogP contribution is -2.65. The molecule has 0 bridgehead atoms. The molecule has 19 heavy (non-hydrogen) atoms. The quantitative estimate of drug-likeness (QED) is 0.903. The molecule has 1 saturated carbocycles. The number of rotatable bonds is 4. The lowest BCUT2D eigenvalue weighted by atomic mass is 9.71. The molecular weight excluding hydrogens is 236 g/mol. The average molecular weight is 260 g/mol. The van der Waals surface area contributed by atoms with Gasteiger partial charge in [0.05, 0.1) is 11.6 Å². The van der Waals surface area contributed by atoms with Gasteiger partial charge in [-0.05, 0) is 44.2 Å². The zero-order chi connectivity index (χ0) is 13.3. The van der Waals surface area contributed by atoms with Gasteiger partial charge in [-0.2, -0.15) is 0 Å². The van der Waals surface area contributed by atoms with E-state index in [4.69, 9.17) is 10.5 Å². The zero-order valence-electron chi connectivity index (χ0n) is 11.8. The largest absolute Gasteiger partial charge is 0.378 e. The van der Waals surface area contributed by atoms with Gasteiger partial charge in [0.25, 0.3) is 0 Å². The van der Waals surface area contributed by atoms with Crippen molar-refractivity contribution in [2.24, 2.45) is 5.73 Å². The zero-order valence-corrected chi connectivity index (χ0v) is 11.8. The fourth-order valence-electron chi connectivity index (χ4n) is 3.66. The molecule has 1 fully saturated rings. The molecule has 0 amide bonds. The average Bonchev–Trinajstić information content (AvgIpc) is 2.42. The van der Waals surface area contributed by atoms with Crippen molar-refractivity contribution < 1.29 is 4.74 Å². The summed E-state index contributed by atoms with van der Waals surface area (Å²) in [5, 5.41) is 0. The van der Waals surface area contributed by atoms with Crippen LogP contribution >= 0.6 is 0 Å². The Balaban J connectivity index is 1.82. The van der Waals surface area contributed by atoms with Gasteiger partial charge in [-0.25, -0.2) is 0 Å². The van der Waals surface area contributed by atoms with E-state index >= 15 is 0 Å². The molecule has 1 aliphatic carbocycles. The van der Waals surface area contributed by atoms with Crippen molar-refractivity contribution in [3.05, 3.63) is 29.8 Å². The fraction of sp³-hybridized carbons (Fsp3) is 0.625. The topological polar surface area (TPSA) is 38.5 Å². The number of benzene rings is 1. The molecular formula is C16H24N2O. The molecule has 0 radical (unpaired) electrons. The maximum absolute atomic E-state index is 6.12. The van der Waals surface area contributed by atoms with Gasteiger partial charge in [0.2, 0.25) is 0 Å². The third-order valence-electron chi connectivity index (χ3n) is 4.68. The third-order valence-corrected chi connectivity index (χ3v) is 4.68. The molecule has 1 aromatic carbocycles. The first-order valence-electron chi connectivity index (χ1n) is 7.46. The molecule has 104 valence electrons. The summed E-state index contributed by atoms with van der Waals surface area (Å²) in [4.78, 5) is 2.56. The second-order valence-corrected chi connectivity index (χ2v) is 5.80. The Labute approximate surface area is 115 Å². The highest BCUT2D eigenvalue weighted by atomic mass is 16.5. The van der Waals surface area contributed by atoms with Crippen LogP contribution in [0.4, 0.5) is 5.69 Å². The van der Waals surface area contributed by atoms with Gasteiger partial charge in [-0.15, -0.1) is 0 Å². The minimum atomic E-state index is 0.135. The Morgan fingerprint density at radius 3 is 2.89 bits per heavy atom. The van der Waals surface area contributed by atoms with Gasteiger partial charge in [0, 0.05) is 25.4 Å². The van der Waals surface area contributed by atoms with Crippen LogP contribution in [0.25, 0.3) is 0 Å². The number of ether oxygens (including phenoxy) is 1. The Morgan fingerprint density at radius 2 is 2.16 bits per heavy atom. The van der Waals surface area contributed by atoms with Crippen LogP contribution in [0.1, 0.15) is 31.7 Å². The van der Waals surface area contributed by atoms with E-state index in [0.717, 1.165) is 32.5 Å². The van der Waals surface area contributed by atoms with E-state index in [2.05, 4.69) is 36.1 Å². The van der Waals surface area contributed by atoms with Gasteiger partial charge in [-0.3, -0.25) is 0 Å². The summed E-state index contributed by atoms with van der Waals surface area (Å²) in [6.07, 6.45) is 4.99. The summed E-state index contributed by atoms with van der Waals surface area (Å²) in [5.74, 6) is 0. The number of hydrogen-bond acceptors (Lipinski definition) is 3. The van der Waals surface area contributed by atoms with E-state index in [-0.39, 0.29) is 5.54 Å². The molecule has 1 heterocycles. The molecule has 2 N–H and O–H groups in total. The minimum Gasteiger partial charge on any atom is -0.378 e. The standard InChI is InChI=1S/C16H24N2O/c1-2-19-14-10-16(11-14,12-17)18-9-5-7-13-6-3-4-8-15(13)18/h3-4,6,8,14H,2,5,7,9-12,17H2,1H3. The molecule has 2 aliphatic rings. The summed E-state index contributed by atoms with van der Waals surface area (Å²) in [6, 6.07) is 8.78. The van der Waals surface area contributed by atoms with Crippen LogP contribution in [-0.2, 0) is 11.2 Å². The molecule has 1 aliphatic heterocycles. The van der Waals surface area contributed by atoms with Gasteiger partial charge in [0.15, 0.2) is 0 Å². The second-order valence-electron chi connectivity index (χ2n) is 5.80. The molecule has 1 aromatic rings. The Morgan fingerprint density at radius 1 is 1.37 bits per heavy atom. The summed E-state index contributed by atoms with van der Waals surface area (Å²) in [6.45, 7) is 4.73. The van der Waals surface area contributed by atoms with E-state index in [1.54, 1.807) is 0 Å². The Kier molecular flexibility index (Phi) is 3.50. The highest BCUT2D eigenvalue weighted by molar-refractivity contribution is 5.58. The Hall–Kier alpha value is -1.06. The molecule has 0 spiro atoms. The number of nitrogens with two attached hydrogens (primary N) is 1. The van der Waals surface area contributed by atoms with Gasteiger partial charge >= 0.3 is 0 Å². The SMILES string of the molecule is CCOC1CC(CN)(N2CCCc3ccccc32)C1. The lowest BCUT2D eigenvalue weighted by Gasteiger charge is -2.56. The van der Waals surface area contributed by atoms with E-state index in [1.165, 1.54) is 24.1 Å². The molecule has 3 rings (SSSR count). The van der Waals surface area contributed by atoms with E-state index < -0.39 is 0 Å². The van der Waals surface area contributed by atoms with Gasteiger partial charge in [0.1, 0.15) is 0 Å².